The van der Waals surface area contributed by atoms with Gasteiger partial charge in [-0.3, -0.25) is 4.79 Å². The number of hydrogen-bond acceptors (Lipinski definition) is 1. The van der Waals surface area contributed by atoms with E-state index in [1.165, 1.54) is 5.56 Å². The van der Waals surface area contributed by atoms with Crippen molar-refractivity contribution in [3.05, 3.63) is 71.3 Å². The minimum absolute atomic E-state index is 0.178. The van der Waals surface area contributed by atoms with Crippen LogP contribution in [0.2, 0.25) is 0 Å². The predicted octanol–water partition coefficient (Wildman–Crippen LogP) is 4.12. The molecule has 1 fully saturated rings. The van der Waals surface area contributed by atoms with Crippen molar-refractivity contribution in [3.8, 4) is 0 Å². The van der Waals surface area contributed by atoms with Crippen LogP contribution in [0.15, 0.2) is 54.6 Å². The van der Waals surface area contributed by atoms with Gasteiger partial charge in [-0.25, -0.2) is 0 Å². The van der Waals surface area contributed by atoms with Crippen LogP contribution in [0, 0.1) is 6.92 Å². The van der Waals surface area contributed by atoms with Gasteiger partial charge in [-0.15, -0.1) is 0 Å². The Balaban J connectivity index is 1.75. The highest BCUT2D eigenvalue weighted by Crippen LogP contribution is 2.41. The quantitative estimate of drug-likeness (QED) is 0.902. The molecule has 0 unspecified atom stereocenters. The predicted molar refractivity (Wildman–Crippen MR) is 89.6 cm³/mol. The van der Waals surface area contributed by atoms with Crippen molar-refractivity contribution >= 4 is 5.91 Å². The lowest BCUT2D eigenvalue weighted by Crippen LogP contribution is -2.42. The maximum absolute atomic E-state index is 12.9. The number of nitrogens with one attached hydrogen (secondary N) is 1. The van der Waals surface area contributed by atoms with Gasteiger partial charge < -0.3 is 5.32 Å². The number of rotatable bonds is 4. The summed E-state index contributed by atoms with van der Waals surface area (Å²) in [4.78, 5) is 12.9. The number of hydrogen-bond donors (Lipinski definition) is 1. The lowest BCUT2D eigenvalue weighted by atomic mass is 9.78. The van der Waals surface area contributed by atoms with Crippen LogP contribution < -0.4 is 5.32 Å². The van der Waals surface area contributed by atoms with Crippen LogP contribution in [0.5, 0.6) is 0 Å². The van der Waals surface area contributed by atoms with Gasteiger partial charge in [0.1, 0.15) is 0 Å². The minimum atomic E-state index is -0.327. The summed E-state index contributed by atoms with van der Waals surface area (Å²) in [5, 5.41) is 3.16. The molecule has 1 aliphatic rings. The Labute approximate surface area is 132 Å². The third-order valence-corrected chi connectivity index (χ3v) is 4.79. The Morgan fingerprint density at radius 2 is 1.64 bits per heavy atom. The molecule has 1 N–H and O–H groups in total. The van der Waals surface area contributed by atoms with Crippen LogP contribution in [-0.4, -0.2) is 5.91 Å². The van der Waals surface area contributed by atoms with Gasteiger partial charge in [0.15, 0.2) is 0 Å². The van der Waals surface area contributed by atoms with Crippen molar-refractivity contribution in [2.75, 3.05) is 0 Å². The molecule has 0 bridgehead atoms. The monoisotopic (exact) mass is 293 g/mol. The largest absolute Gasteiger partial charge is 0.351 e. The summed E-state index contributed by atoms with van der Waals surface area (Å²) in [5.41, 5.74) is 3.23. The fraction of sp³-hybridized carbons (Fsp3) is 0.350. The van der Waals surface area contributed by atoms with E-state index in [0.717, 1.165) is 36.8 Å². The second-order valence-electron chi connectivity index (χ2n) is 6.32. The SMILES string of the molecule is Cc1ccc(CNC(=O)C2(c3ccccc3)CCCC2)cc1. The first-order valence-corrected chi connectivity index (χ1v) is 8.10. The molecule has 114 valence electrons. The zero-order valence-corrected chi connectivity index (χ0v) is 13.1. The van der Waals surface area contributed by atoms with Crippen LogP contribution in [0.4, 0.5) is 0 Å². The van der Waals surface area contributed by atoms with Crippen LogP contribution >= 0.6 is 0 Å². The summed E-state index contributed by atoms with van der Waals surface area (Å²) in [6.07, 6.45) is 4.17. The highest BCUT2D eigenvalue weighted by Gasteiger charge is 2.42. The van der Waals surface area contributed by atoms with Crippen LogP contribution in [0.25, 0.3) is 0 Å². The third kappa shape index (κ3) is 2.92. The average Bonchev–Trinajstić information content (AvgIpc) is 3.06. The Kier molecular flexibility index (Phi) is 4.28. The number of aryl methyl sites for hydroxylation is 1. The standard InChI is InChI=1S/C20H23NO/c1-16-9-11-17(12-10-16)15-21-19(22)20(13-5-6-14-20)18-7-3-2-4-8-18/h2-4,7-12H,5-6,13-15H2,1H3,(H,21,22). The van der Waals surface area contributed by atoms with Crippen LogP contribution in [0.1, 0.15) is 42.4 Å². The van der Waals surface area contributed by atoms with E-state index >= 15 is 0 Å². The first-order chi connectivity index (χ1) is 10.7. The van der Waals surface area contributed by atoms with Crippen molar-refractivity contribution in [3.63, 3.8) is 0 Å². The fourth-order valence-electron chi connectivity index (χ4n) is 3.44. The van der Waals surface area contributed by atoms with E-state index in [-0.39, 0.29) is 11.3 Å². The molecule has 0 radical (unpaired) electrons. The molecule has 2 nitrogen and oxygen atoms in total. The number of benzene rings is 2. The van der Waals surface area contributed by atoms with Gasteiger partial charge in [0, 0.05) is 6.54 Å². The van der Waals surface area contributed by atoms with Crippen molar-refractivity contribution in [2.24, 2.45) is 0 Å². The number of carbonyl (C=O) groups is 1. The molecule has 0 heterocycles. The number of carbonyl (C=O) groups excluding carboxylic acids is 1. The normalized spacial score (nSPS) is 16.4. The highest BCUT2D eigenvalue weighted by molar-refractivity contribution is 5.88. The molecule has 1 saturated carbocycles. The summed E-state index contributed by atoms with van der Waals surface area (Å²) in [5.74, 6) is 0.178. The Morgan fingerprint density at radius 3 is 2.27 bits per heavy atom. The minimum Gasteiger partial charge on any atom is -0.351 e. The van der Waals surface area contributed by atoms with E-state index in [1.807, 2.05) is 18.2 Å². The molecule has 0 atom stereocenters. The maximum atomic E-state index is 12.9. The van der Waals surface area contributed by atoms with Gasteiger partial charge in [-0.05, 0) is 30.9 Å². The van der Waals surface area contributed by atoms with E-state index < -0.39 is 0 Å². The molecule has 1 aliphatic carbocycles. The number of amides is 1. The van der Waals surface area contributed by atoms with E-state index in [4.69, 9.17) is 0 Å². The molecule has 0 aromatic heterocycles. The van der Waals surface area contributed by atoms with Crippen molar-refractivity contribution < 1.29 is 4.79 Å². The fourth-order valence-corrected chi connectivity index (χ4v) is 3.44. The van der Waals surface area contributed by atoms with Gasteiger partial charge in [-0.1, -0.05) is 73.0 Å². The molecule has 2 heteroatoms. The second kappa shape index (κ2) is 6.35. The molecule has 22 heavy (non-hydrogen) atoms. The van der Waals surface area contributed by atoms with Gasteiger partial charge in [0.2, 0.25) is 5.91 Å². The highest BCUT2D eigenvalue weighted by atomic mass is 16.2. The van der Waals surface area contributed by atoms with Gasteiger partial charge in [0.25, 0.3) is 0 Å². The van der Waals surface area contributed by atoms with Crippen LogP contribution in [0.3, 0.4) is 0 Å². The first kappa shape index (κ1) is 14.8. The molecule has 0 spiro atoms. The zero-order chi connectivity index (χ0) is 15.4. The summed E-state index contributed by atoms with van der Waals surface area (Å²) >= 11 is 0. The molecular formula is C20H23NO. The lowest BCUT2D eigenvalue weighted by molar-refractivity contribution is -0.126. The van der Waals surface area contributed by atoms with E-state index in [9.17, 15) is 4.79 Å². The molecule has 2 aromatic carbocycles. The van der Waals surface area contributed by atoms with Crippen LogP contribution in [-0.2, 0) is 16.8 Å². The van der Waals surface area contributed by atoms with E-state index in [1.54, 1.807) is 0 Å². The second-order valence-corrected chi connectivity index (χ2v) is 6.32. The topological polar surface area (TPSA) is 29.1 Å². The summed E-state index contributed by atoms with van der Waals surface area (Å²) in [6, 6.07) is 18.6. The summed E-state index contributed by atoms with van der Waals surface area (Å²) in [6.45, 7) is 2.68. The van der Waals surface area contributed by atoms with Gasteiger partial charge >= 0.3 is 0 Å². The summed E-state index contributed by atoms with van der Waals surface area (Å²) < 4.78 is 0. The van der Waals surface area contributed by atoms with Crippen molar-refractivity contribution in [1.29, 1.82) is 0 Å². The third-order valence-electron chi connectivity index (χ3n) is 4.79. The van der Waals surface area contributed by atoms with Gasteiger partial charge in [-0.2, -0.15) is 0 Å². The Hall–Kier alpha value is -2.09. The first-order valence-electron chi connectivity index (χ1n) is 8.10. The average molecular weight is 293 g/mol. The molecule has 0 aliphatic heterocycles. The Morgan fingerprint density at radius 1 is 1.00 bits per heavy atom. The molecule has 2 aromatic rings. The Bertz CT molecular complexity index is 625. The zero-order valence-electron chi connectivity index (χ0n) is 13.1. The molecule has 3 rings (SSSR count). The van der Waals surface area contributed by atoms with Crippen molar-refractivity contribution in [2.45, 2.75) is 44.6 Å². The van der Waals surface area contributed by atoms with Gasteiger partial charge in [0.05, 0.1) is 5.41 Å². The maximum Gasteiger partial charge on any atom is 0.230 e. The lowest BCUT2D eigenvalue weighted by Gasteiger charge is -2.28. The molecule has 0 saturated heterocycles. The summed E-state index contributed by atoms with van der Waals surface area (Å²) in [7, 11) is 0. The molecule has 1 amide bonds. The van der Waals surface area contributed by atoms with E-state index in [2.05, 4.69) is 48.6 Å². The molecular weight excluding hydrogens is 270 g/mol. The van der Waals surface area contributed by atoms with Crippen molar-refractivity contribution in [1.82, 2.24) is 5.32 Å². The smallest absolute Gasteiger partial charge is 0.230 e. The van der Waals surface area contributed by atoms with E-state index in [0.29, 0.717) is 6.54 Å².